The first-order valence-corrected chi connectivity index (χ1v) is 5.65. The molecule has 2 rings (SSSR count). The average molecular weight is 250 g/mol. The van der Waals surface area contributed by atoms with E-state index in [1.807, 2.05) is 38.1 Å². The molecule has 0 bridgehead atoms. The molecule has 5 heteroatoms. The number of hydrogen-bond acceptors (Lipinski definition) is 4. The minimum atomic E-state index is 0.0198. The molecule has 0 saturated heterocycles. The predicted octanol–water partition coefficient (Wildman–Crippen LogP) is 2.98. The SMILES string of the molecule is CC(C)Oc1nncc(-c2cccc(Cl)c2)n1. The second-order valence-electron chi connectivity index (χ2n) is 3.80. The molecular weight excluding hydrogens is 238 g/mol. The zero-order chi connectivity index (χ0) is 12.3. The van der Waals surface area contributed by atoms with E-state index in [4.69, 9.17) is 16.3 Å². The van der Waals surface area contributed by atoms with Gasteiger partial charge in [0.05, 0.1) is 18.0 Å². The highest BCUT2D eigenvalue weighted by Crippen LogP contribution is 2.21. The van der Waals surface area contributed by atoms with Crippen molar-refractivity contribution in [2.45, 2.75) is 20.0 Å². The van der Waals surface area contributed by atoms with Gasteiger partial charge in [-0.2, -0.15) is 10.1 Å². The van der Waals surface area contributed by atoms with Gasteiger partial charge in [-0.15, -0.1) is 0 Å². The van der Waals surface area contributed by atoms with Crippen LogP contribution >= 0.6 is 11.6 Å². The van der Waals surface area contributed by atoms with E-state index in [9.17, 15) is 0 Å². The molecule has 0 spiro atoms. The van der Waals surface area contributed by atoms with Gasteiger partial charge in [-0.1, -0.05) is 28.8 Å². The fourth-order valence-corrected chi connectivity index (χ4v) is 1.53. The third kappa shape index (κ3) is 3.14. The minimum Gasteiger partial charge on any atom is -0.460 e. The number of halogens is 1. The van der Waals surface area contributed by atoms with Crippen LogP contribution in [0.3, 0.4) is 0 Å². The van der Waals surface area contributed by atoms with Gasteiger partial charge in [-0.25, -0.2) is 0 Å². The smallest absolute Gasteiger partial charge is 0.336 e. The summed E-state index contributed by atoms with van der Waals surface area (Å²) in [5, 5.41) is 8.33. The highest BCUT2D eigenvalue weighted by molar-refractivity contribution is 6.30. The molecule has 4 nitrogen and oxygen atoms in total. The topological polar surface area (TPSA) is 47.9 Å². The van der Waals surface area contributed by atoms with Gasteiger partial charge >= 0.3 is 6.01 Å². The third-order valence-electron chi connectivity index (χ3n) is 2.00. The first-order valence-electron chi connectivity index (χ1n) is 5.27. The van der Waals surface area contributed by atoms with Crippen LogP contribution in [0.5, 0.6) is 6.01 Å². The monoisotopic (exact) mass is 249 g/mol. The van der Waals surface area contributed by atoms with Crippen molar-refractivity contribution < 1.29 is 4.74 Å². The molecule has 88 valence electrons. The second kappa shape index (κ2) is 5.10. The summed E-state index contributed by atoms with van der Waals surface area (Å²) >= 11 is 5.92. The van der Waals surface area contributed by atoms with Gasteiger partial charge in [-0.05, 0) is 26.0 Å². The van der Waals surface area contributed by atoms with E-state index in [0.717, 1.165) is 5.56 Å². The van der Waals surface area contributed by atoms with Gasteiger partial charge in [-0.3, -0.25) is 0 Å². The summed E-state index contributed by atoms with van der Waals surface area (Å²) in [6.07, 6.45) is 1.60. The van der Waals surface area contributed by atoms with Crippen LogP contribution in [0.4, 0.5) is 0 Å². The molecule has 1 aromatic heterocycles. The summed E-state index contributed by atoms with van der Waals surface area (Å²) in [7, 11) is 0. The van der Waals surface area contributed by atoms with Crippen LogP contribution in [0.15, 0.2) is 30.5 Å². The summed E-state index contributed by atoms with van der Waals surface area (Å²) in [6.45, 7) is 3.82. The van der Waals surface area contributed by atoms with E-state index in [-0.39, 0.29) is 12.1 Å². The highest BCUT2D eigenvalue weighted by atomic mass is 35.5. The maximum absolute atomic E-state index is 5.92. The van der Waals surface area contributed by atoms with Gasteiger partial charge in [0, 0.05) is 10.6 Å². The van der Waals surface area contributed by atoms with E-state index < -0.39 is 0 Å². The molecule has 0 fully saturated rings. The summed E-state index contributed by atoms with van der Waals surface area (Å²) in [4.78, 5) is 4.27. The molecule has 0 radical (unpaired) electrons. The number of benzene rings is 1. The molecule has 1 aromatic carbocycles. The molecule has 0 aliphatic heterocycles. The predicted molar refractivity (Wildman–Crippen MR) is 66.0 cm³/mol. The summed E-state index contributed by atoms with van der Waals surface area (Å²) in [6, 6.07) is 7.69. The van der Waals surface area contributed by atoms with Crippen LogP contribution in [-0.2, 0) is 0 Å². The van der Waals surface area contributed by atoms with Crippen molar-refractivity contribution in [2.24, 2.45) is 0 Å². The van der Waals surface area contributed by atoms with Crippen LogP contribution < -0.4 is 4.74 Å². The lowest BCUT2D eigenvalue weighted by Crippen LogP contribution is -2.09. The van der Waals surface area contributed by atoms with Crippen molar-refractivity contribution in [1.29, 1.82) is 0 Å². The van der Waals surface area contributed by atoms with E-state index in [1.165, 1.54) is 0 Å². The Labute approximate surface area is 105 Å². The van der Waals surface area contributed by atoms with Crippen molar-refractivity contribution in [3.8, 4) is 17.3 Å². The lowest BCUT2D eigenvalue weighted by atomic mass is 10.2. The Morgan fingerprint density at radius 1 is 1.29 bits per heavy atom. The van der Waals surface area contributed by atoms with Gasteiger partial charge in [0.25, 0.3) is 0 Å². The maximum Gasteiger partial charge on any atom is 0.336 e. The number of aromatic nitrogens is 3. The molecule has 0 aliphatic carbocycles. The molecule has 2 aromatic rings. The lowest BCUT2D eigenvalue weighted by molar-refractivity contribution is 0.219. The summed E-state index contributed by atoms with van der Waals surface area (Å²) < 4.78 is 5.39. The molecule has 0 aliphatic rings. The molecule has 17 heavy (non-hydrogen) atoms. The zero-order valence-corrected chi connectivity index (χ0v) is 10.3. The number of hydrogen-bond donors (Lipinski definition) is 0. The molecule has 0 unspecified atom stereocenters. The zero-order valence-electron chi connectivity index (χ0n) is 9.59. The minimum absolute atomic E-state index is 0.0198. The van der Waals surface area contributed by atoms with E-state index in [0.29, 0.717) is 10.7 Å². The Morgan fingerprint density at radius 2 is 2.12 bits per heavy atom. The first-order chi connectivity index (χ1) is 8.15. The van der Waals surface area contributed by atoms with Crippen LogP contribution in [-0.4, -0.2) is 21.3 Å². The number of rotatable bonds is 3. The van der Waals surface area contributed by atoms with Gasteiger partial charge in [0.1, 0.15) is 0 Å². The second-order valence-corrected chi connectivity index (χ2v) is 4.24. The average Bonchev–Trinajstić information content (AvgIpc) is 2.28. The highest BCUT2D eigenvalue weighted by Gasteiger charge is 2.06. The molecule has 0 saturated carbocycles. The first kappa shape index (κ1) is 11.8. The Morgan fingerprint density at radius 3 is 2.82 bits per heavy atom. The van der Waals surface area contributed by atoms with Crippen molar-refractivity contribution in [1.82, 2.24) is 15.2 Å². The fraction of sp³-hybridized carbons (Fsp3) is 0.250. The van der Waals surface area contributed by atoms with Gasteiger partial charge in [0.15, 0.2) is 0 Å². The Hall–Kier alpha value is -1.68. The Balaban J connectivity index is 2.33. The Kier molecular flexibility index (Phi) is 3.54. The van der Waals surface area contributed by atoms with E-state index >= 15 is 0 Å². The molecule has 0 N–H and O–H groups in total. The maximum atomic E-state index is 5.92. The van der Waals surface area contributed by atoms with E-state index in [2.05, 4.69) is 15.2 Å². The molecule has 0 atom stereocenters. The number of ether oxygens (including phenoxy) is 1. The Bertz CT molecular complexity index is 517. The quantitative estimate of drug-likeness (QED) is 0.839. The van der Waals surface area contributed by atoms with Crippen molar-refractivity contribution in [3.05, 3.63) is 35.5 Å². The molecule has 0 amide bonds. The normalized spacial score (nSPS) is 10.6. The lowest BCUT2D eigenvalue weighted by Gasteiger charge is -2.07. The van der Waals surface area contributed by atoms with Gasteiger partial charge < -0.3 is 4.74 Å². The van der Waals surface area contributed by atoms with Crippen molar-refractivity contribution >= 4 is 11.6 Å². The summed E-state index contributed by atoms with van der Waals surface area (Å²) in [5.74, 6) is 0. The summed E-state index contributed by atoms with van der Waals surface area (Å²) in [5.41, 5.74) is 1.58. The number of nitrogens with zero attached hydrogens (tertiary/aromatic N) is 3. The fourth-order valence-electron chi connectivity index (χ4n) is 1.33. The van der Waals surface area contributed by atoms with Crippen LogP contribution in [0, 0.1) is 0 Å². The molecular formula is C12H12ClN3O. The molecule has 1 heterocycles. The van der Waals surface area contributed by atoms with E-state index in [1.54, 1.807) is 6.20 Å². The van der Waals surface area contributed by atoms with Gasteiger partial charge in [0.2, 0.25) is 0 Å². The van der Waals surface area contributed by atoms with Crippen LogP contribution in [0.25, 0.3) is 11.3 Å². The third-order valence-corrected chi connectivity index (χ3v) is 2.24. The largest absolute Gasteiger partial charge is 0.460 e. The van der Waals surface area contributed by atoms with Crippen molar-refractivity contribution in [2.75, 3.05) is 0 Å². The van der Waals surface area contributed by atoms with Crippen LogP contribution in [0.2, 0.25) is 5.02 Å². The van der Waals surface area contributed by atoms with Crippen molar-refractivity contribution in [3.63, 3.8) is 0 Å². The van der Waals surface area contributed by atoms with Crippen LogP contribution in [0.1, 0.15) is 13.8 Å². The standard InChI is InChI=1S/C12H12ClN3O/c1-8(2)17-12-15-11(7-14-16-12)9-4-3-5-10(13)6-9/h3-8H,1-2H3.